The quantitative estimate of drug-likeness (QED) is 0.309. The Balaban J connectivity index is 1.21. The Bertz CT molecular complexity index is 1720. The van der Waals surface area contributed by atoms with E-state index in [1.165, 1.54) is 4.90 Å². The summed E-state index contributed by atoms with van der Waals surface area (Å²) in [7, 11) is 0. The van der Waals surface area contributed by atoms with Crippen molar-refractivity contribution in [3.05, 3.63) is 96.6 Å². The zero-order valence-electron chi connectivity index (χ0n) is 20.8. The van der Waals surface area contributed by atoms with Crippen LogP contribution in [0, 0.1) is 0 Å². The predicted octanol–water partition coefficient (Wildman–Crippen LogP) is 5.81. The number of fused-ring (bicyclic) bond motifs is 3. The van der Waals surface area contributed by atoms with Crippen LogP contribution in [0.3, 0.4) is 0 Å². The number of carboxylic acids is 1. The molecule has 2 heterocycles. The fourth-order valence-electron chi connectivity index (χ4n) is 5.21. The van der Waals surface area contributed by atoms with E-state index in [4.69, 9.17) is 4.42 Å². The minimum atomic E-state index is -1.31. The highest BCUT2D eigenvalue weighted by Crippen LogP contribution is 2.36. The van der Waals surface area contributed by atoms with Gasteiger partial charge in [0.15, 0.2) is 0 Å². The lowest BCUT2D eigenvalue weighted by Gasteiger charge is -2.37. The van der Waals surface area contributed by atoms with E-state index in [-0.39, 0.29) is 25.5 Å². The largest absolute Gasteiger partial charge is 0.480 e. The first kappa shape index (κ1) is 24.2. The van der Waals surface area contributed by atoms with Crippen molar-refractivity contribution in [1.82, 2.24) is 9.80 Å². The van der Waals surface area contributed by atoms with Gasteiger partial charge in [-0.05, 0) is 34.9 Å². The van der Waals surface area contributed by atoms with Crippen LogP contribution in [-0.4, -0.2) is 63.7 Å². The maximum atomic E-state index is 13.0. The molecule has 39 heavy (non-hydrogen) atoms. The van der Waals surface area contributed by atoms with Gasteiger partial charge in [-0.1, -0.05) is 72.8 Å². The molecule has 6 rings (SSSR count). The summed E-state index contributed by atoms with van der Waals surface area (Å²) in [5.74, 6) is -1.60. The molecule has 5 aromatic rings. The second-order valence-electron chi connectivity index (χ2n) is 9.52. The van der Waals surface area contributed by atoms with Crippen LogP contribution in [0.1, 0.15) is 10.4 Å². The Kier molecular flexibility index (Phi) is 5.99. The van der Waals surface area contributed by atoms with Crippen molar-refractivity contribution < 1.29 is 29.0 Å². The number of piperazine rings is 1. The van der Waals surface area contributed by atoms with E-state index < -0.39 is 18.1 Å². The molecule has 1 aliphatic heterocycles. The Morgan fingerprint density at radius 3 is 2.05 bits per heavy atom. The molecule has 1 unspecified atom stereocenters. The Labute approximate surface area is 223 Å². The van der Waals surface area contributed by atoms with E-state index >= 15 is 0 Å². The van der Waals surface area contributed by atoms with Gasteiger partial charge in [0.2, 0.25) is 0 Å². The van der Waals surface area contributed by atoms with E-state index in [2.05, 4.69) is 12.1 Å². The number of carbonyl (C=O) groups excluding carboxylic acids is 1. The third kappa shape index (κ3) is 4.35. The van der Waals surface area contributed by atoms with E-state index in [0.717, 1.165) is 49.1 Å². The fourth-order valence-corrected chi connectivity index (χ4v) is 5.21. The topological polar surface area (TPSA) is 111 Å². The van der Waals surface area contributed by atoms with Crippen molar-refractivity contribution in [2.75, 3.05) is 19.6 Å². The van der Waals surface area contributed by atoms with Crippen molar-refractivity contribution >= 4 is 39.9 Å². The molecule has 8 nitrogen and oxygen atoms in total. The molecule has 1 fully saturated rings. The number of rotatable bonds is 4. The number of furan rings is 1. The zero-order valence-corrected chi connectivity index (χ0v) is 20.8. The van der Waals surface area contributed by atoms with Crippen LogP contribution in [0.5, 0.6) is 0 Å². The van der Waals surface area contributed by atoms with Gasteiger partial charge in [0, 0.05) is 35.0 Å². The number of hydrogen-bond acceptors (Lipinski definition) is 4. The summed E-state index contributed by atoms with van der Waals surface area (Å²) < 4.78 is 6.18. The fraction of sp³-hybridized carbons (Fsp3) is 0.129. The smallest absolute Gasteiger partial charge is 0.408 e. The van der Waals surface area contributed by atoms with Gasteiger partial charge in [-0.15, -0.1) is 0 Å². The van der Waals surface area contributed by atoms with Gasteiger partial charge in [-0.25, -0.2) is 9.59 Å². The molecule has 0 saturated carbocycles. The molecule has 1 saturated heterocycles. The van der Waals surface area contributed by atoms with Gasteiger partial charge >= 0.3 is 12.1 Å². The molecule has 4 aromatic carbocycles. The number of aliphatic carboxylic acids is 1. The van der Waals surface area contributed by atoms with Gasteiger partial charge in [-0.2, -0.15) is 0 Å². The second-order valence-corrected chi connectivity index (χ2v) is 9.52. The summed E-state index contributed by atoms with van der Waals surface area (Å²) in [4.78, 5) is 38.2. The van der Waals surface area contributed by atoms with E-state index in [0.29, 0.717) is 5.56 Å². The zero-order chi connectivity index (χ0) is 27.1. The lowest BCUT2D eigenvalue weighted by atomic mass is 9.98. The molecule has 0 bridgehead atoms. The normalized spacial score (nSPS) is 15.5. The number of benzene rings is 4. The first-order valence-electron chi connectivity index (χ1n) is 12.5. The molecule has 0 aliphatic carbocycles. The Morgan fingerprint density at radius 1 is 0.718 bits per heavy atom. The van der Waals surface area contributed by atoms with Crippen molar-refractivity contribution in [2.24, 2.45) is 0 Å². The molecule has 1 aliphatic rings. The standard InChI is InChI=1S/C31H24N2O6/c34-29(32-16-17-33(31(37)38)26(18-32)30(35)36)22-14-10-20(11-15-22)19-8-12-21(13-9-19)23-5-3-6-25-24-4-1-2-7-27(24)39-28(23)25/h1-15,26H,16-18H2,(H,35,36)(H,37,38). The van der Waals surface area contributed by atoms with Crippen LogP contribution < -0.4 is 0 Å². The number of para-hydroxylation sites is 2. The summed E-state index contributed by atoms with van der Waals surface area (Å²) in [6, 6.07) is 28.1. The summed E-state index contributed by atoms with van der Waals surface area (Å²) >= 11 is 0. The molecule has 2 N–H and O–H groups in total. The number of carboxylic acid groups (broad SMARTS) is 2. The number of nitrogens with zero attached hydrogens (tertiary/aromatic N) is 2. The average Bonchev–Trinajstić information content (AvgIpc) is 3.35. The van der Waals surface area contributed by atoms with E-state index in [1.807, 2.05) is 66.7 Å². The summed E-state index contributed by atoms with van der Waals surface area (Å²) in [6.45, 7) is -0.109. The summed E-state index contributed by atoms with van der Waals surface area (Å²) in [5, 5.41) is 20.8. The maximum Gasteiger partial charge on any atom is 0.408 e. The molecule has 0 radical (unpaired) electrons. The van der Waals surface area contributed by atoms with Gasteiger partial charge < -0.3 is 19.5 Å². The first-order chi connectivity index (χ1) is 18.9. The van der Waals surface area contributed by atoms with Gasteiger partial charge in [0.05, 0.1) is 6.54 Å². The number of hydrogen-bond donors (Lipinski definition) is 2. The van der Waals surface area contributed by atoms with Crippen molar-refractivity contribution in [3.8, 4) is 22.3 Å². The third-order valence-corrected chi connectivity index (χ3v) is 7.26. The van der Waals surface area contributed by atoms with Crippen LogP contribution in [0.15, 0.2) is 95.4 Å². The lowest BCUT2D eigenvalue weighted by molar-refractivity contribution is -0.144. The van der Waals surface area contributed by atoms with Crippen molar-refractivity contribution in [1.29, 1.82) is 0 Å². The van der Waals surface area contributed by atoms with Crippen LogP contribution in [-0.2, 0) is 4.79 Å². The van der Waals surface area contributed by atoms with Crippen molar-refractivity contribution in [3.63, 3.8) is 0 Å². The minimum Gasteiger partial charge on any atom is -0.480 e. The lowest BCUT2D eigenvalue weighted by Crippen LogP contribution is -2.59. The Morgan fingerprint density at radius 2 is 1.36 bits per heavy atom. The monoisotopic (exact) mass is 520 g/mol. The molecule has 1 atom stereocenters. The molecule has 194 valence electrons. The maximum absolute atomic E-state index is 13.0. The van der Waals surface area contributed by atoms with Crippen molar-refractivity contribution in [2.45, 2.75) is 6.04 Å². The molecular weight excluding hydrogens is 496 g/mol. The SMILES string of the molecule is O=C(O)C1CN(C(=O)c2ccc(-c3ccc(-c4cccc5c4oc4ccccc45)cc3)cc2)CCN1C(=O)O. The third-order valence-electron chi connectivity index (χ3n) is 7.26. The number of carbonyl (C=O) groups is 3. The van der Waals surface area contributed by atoms with Crippen LogP contribution in [0.2, 0.25) is 0 Å². The highest BCUT2D eigenvalue weighted by atomic mass is 16.4. The summed E-state index contributed by atoms with van der Waals surface area (Å²) in [6.07, 6.45) is -1.31. The van der Waals surface area contributed by atoms with Gasteiger partial charge in [-0.3, -0.25) is 9.69 Å². The molecule has 2 amide bonds. The van der Waals surface area contributed by atoms with E-state index in [1.54, 1.807) is 12.1 Å². The van der Waals surface area contributed by atoms with E-state index in [9.17, 15) is 24.6 Å². The highest BCUT2D eigenvalue weighted by molar-refractivity contribution is 6.09. The highest BCUT2D eigenvalue weighted by Gasteiger charge is 2.37. The predicted molar refractivity (Wildman–Crippen MR) is 147 cm³/mol. The van der Waals surface area contributed by atoms with Crippen LogP contribution in [0.25, 0.3) is 44.2 Å². The van der Waals surface area contributed by atoms with Crippen LogP contribution >= 0.6 is 0 Å². The average molecular weight is 521 g/mol. The first-order valence-corrected chi connectivity index (χ1v) is 12.5. The molecular formula is C31H24N2O6. The second kappa shape index (κ2) is 9.64. The number of amides is 2. The summed E-state index contributed by atoms with van der Waals surface area (Å²) in [5.41, 5.74) is 6.08. The van der Waals surface area contributed by atoms with Crippen LogP contribution in [0.4, 0.5) is 4.79 Å². The Hall–Kier alpha value is -5.11. The molecule has 0 spiro atoms. The molecule has 1 aromatic heterocycles. The van der Waals surface area contributed by atoms with Gasteiger partial charge in [0.1, 0.15) is 17.2 Å². The van der Waals surface area contributed by atoms with Gasteiger partial charge in [0.25, 0.3) is 5.91 Å². The minimum absolute atomic E-state index is 0.0514. The molecule has 8 heteroatoms.